The first kappa shape index (κ1) is 12.9. The minimum Gasteiger partial charge on any atom is -0.305 e. The van der Waals surface area contributed by atoms with Crippen molar-refractivity contribution in [3.05, 3.63) is 57.8 Å². The van der Waals surface area contributed by atoms with E-state index in [1.807, 2.05) is 35.8 Å². The van der Waals surface area contributed by atoms with Crippen LogP contribution in [-0.4, -0.2) is 9.50 Å². The molecule has 0 saturated carbocycles. The Hall–Kier alpha value is -1.84. The third-order valence-corrected chi connectivity index (χ3v) is 4.64. The number of hydrogen-bond acceptors (Lipinski definition) is 1. The lowest BCUT2D eigenvalue weighted by atomic mass is 10.2. The number of nitrogens with zero attached hydrogens (tertiary/aromatic N) is 3. The Morgan fingerprint density at radius 2 is 1.71 bits per heavy atom. The first-order valence-corrected chi connectivity index (χ1v) is 7.40. The lowest BCUT2D eigenvalue weighted by Gasteiger charge is -2.05. The van der Waals surface area contributed by atoms with Crippen molar-refractivity contribution >= 4 is 45.3 Å². The highest BCUT2D eigenvalue weighted by Crippen LogP contribution is 2.28. The molecule has 104 valence electrons. The molecule has 21 heavy (non-hydrogen) atoms. The van der Waals surface area contributed by atoms with Crippen LogP contribution < -0.4 is 4.52 Å². The van der Waals surface area contributed by atoms with Crippen LogP contribution >= 0.6 is 23.2 Å². The zero-order valence-electron chi connectivity index (χ0n) is 11.6. The van der Waals surface area contributed by atoms with Crippen LogP contribution in [0.1, 0.15) is 11.3 Å². The van der Waals surface area contributed by atoms with Gasteiger partial charge in [-0.2, -0.15) is 0 Å². The fourth-order valence-corrected chi connectivity index (χ4v) is 3.02. The molecule has 1 aromatic carbocycles. The molecule has 0 saturated heterocycles. The normalized spacial score (nSPS) is 11.8. The Bertz CT molecular complexity index is 953. The van der Waals surface area contributed by atoms with Crippen LogP contribution in [0.2, 0.25) is 10.0 Å². The van der Waals surface area contributed by atoms with Crippen molar-refractivity contribution in [3.8, 4) is 0 Å². The minimum absolute atomic E-state index is 0.532. The number of rotatable bonds is 0. The topological polar surface area (TPSA) is 21.4 Å². The molecular formula is C16H12Cl2N3+. The second kappa shape index (κ2) is 4.33. The maximum atomic E-state index is 6.20. The van der Waals surface area contributed by atoms with Gasteiger partial charge in [-0.15, -0.1) is 0 Å². The van der Waals surface area contributed by atoms with Crippen LogP contribution in [0.25, 0.3) is 22.1 Å². The molecule has 0 atom stereocenters. The van der Waals surface area contributed by atoms with Gasteiger partial charge < -0.3 is 4.40 Å². The summed E-state index contributed by atoms with van der Waals surface area (Å²) in [7, 11) is 0. The van der Waals surface area contributed by atoms with Gasteiger partial charge in [-0.1, -0.05) is 23.2 Å². The molecule has 0 aliphatic rings. The molecule has 0 unspecified atom stereocenters. The summed E-state index contributed by atoms with van der Waals surface area (Å²) in [5.41, 5.74) is 6.22. The quantitative estimate of drug-likeness (QED) is 0.353. The molecule has 3 heterocycles. The number of benzene rings is 1. The second-order valence-corrected chi connectivity index (χ2v) is 6.04. The van der Waals surface area contributed by atoms with Crippen molar-refractivity contribution < 1.29 is 4.52 Å². The summed E-state index contributed by atoms with van der Waals surface area (Å²) in [6, 6.07) is 10.0. The summed E-state index contributed by atoms with van der Waals surface area (Å²) >= 11 is 12.4. The van der Waals surface area contributed by atoms with Crippen molar-refractivity contribution in [3.63, 3.8) is 0 Å². The molecule has 3 nitrogen and oxygen atoms in total. The van der Waals surface area contributed by atoms with E-state index in [0.29, 0.717) is 10.0 Å². The summed E-state index contributed by atoms with van der Waals surface area (Å²) in [5, 5.41) is 5.78. The van der Waals surface area contributed by atoms with E-state index in [1.165, 1.54) is 0 Å². The highest BCUT2D eigenvalue weighted by Gasteiger charge is 2.20. The largest absolute Gasteiger partial charge is 0.305 e. The molecule has 0 spiro atoms. The molecule has 0 bridgehead atoms. The van der Waals surface area contributed by atoms with Crippen LogP contribution in [-0.2, 0) is 0 Å². The summed E-state index contributed by atoms with van der Waals surface area (Å²) in [6.07, 6.45) is 2.02. The fraction of sp³-hybridized carbons (Fsp3) is 0.125. The molecule has 3 aromatic heterocycles. The zero-order chi connectivity index (χ0) is 14.7. The van der Waals surface area contributed by atoms with Gasteiger partial charge in [-0.25, -0.2) is 0 Å². The van der Waals surface area contributed by atoms with Gasteiger partial charge in [0, 0.05) is 23.4 Å². The van der Waals surface area contributed by atoms with Gasteiger partial charge in [0.2, 0.25) is 0 Å². The molecule has 4 aromatic rings. The van der Waals surface area contributed by atoms with Gasteiger partial charge in [0.15, 0.2) is 0 Å². The van der Waals surface area contributed by atoms with E-state index in [0.717, 1.165) is 33.3 Å². The van der Waals surface area contributed by atoms with Crippen LogP contribution in [0.4, 0.5) is 0 Å². The average molecular weight is 317 g/mol. The minimum atomic E-state index is 0.532. The number of halogens is 2. The van der Waals surface area contributed by atoms with E-state index in [1.54, 1.807) is 0 Å². The van der Waals surface area contributed by atoms with E-state index in [-0.39, 0.29) is 0 Å². The number of aryl methyl sites for hydroxylation is 2. The fourth-order valence-electron chi connectivity index (χ4n) is 2.71. The Morgan fingerprint density at radius 3 is 2.52 bits per heavy atom. The van der Waals surface area contributed by atoms with Crippen molar-refractivity contribution in [2.24, 2.45) is 0 Å². The van der Waals surface area contributed by atoms with Crippen molar-refractivity contribution in [1.29, 1.82) is 0 Å². The third-order valence-electron chi connectivity index (χ3n) is 3.92. The van der Waals surface area contributed by atoms with Gasteiger partial charge in [-0.3, -0.25) is 0 Å². The number of fused-ring (bicyclic) bond motifs is 6. The zero-order valence-corrected chi connectivity index (χ0v) is 13.1. The summed E-state index contributed by atoms with van der Waals surface area (Å²) in [4.78, 5) is 0. The summed E-state index contributed by atoms with van der Waals surface area (Å²) in [6.45, 7) is 4.08. The molecule has 0 amide bonds. The van der Waals surface area contributed by atoms with Crippen LogP contribution in [0, 0.1) is 13.8 Å². The van der Waals surface area contributed by atoms with E-state index >= 15 is 0 Å². The smallest absolute Gasteiger partial charge is 0.264 e. The summed E-state index contributed by atoms with van der Waals surface area (Å²) < 4.78 is 4.05. The average Bonchev–Trinajstić information content (AvgIpc) is 2.93. The first-order valence-electron chi connectivity index (χ1n) is 6.64. The molecule has 5 heteroatoms. The maximum absolute atomic E-state index is 6.20. The Balaban J connectivity index is 2.39. The SMILES string of the molecule is Cc1cc2c3cccn3c3cc(Cl)c(Cl)cc3[n+]2nc1C. The van der Waals surface area contributed by atoms with Gasteiger partial charge in [0.25, 0.3) is 11.0 Å². The van der Waals surface area contributed by atoms with Crippen LogP contribution in [0.3, 0.4) is 0 Å². The molecule has 0 aliphatic carbocycles. The second-order valence-electron chi connectivity index (χ2n) is 5.23. The lowest BCUT2D eigenvalue weighted by Crippen LogP contribution is -2.30. The number of hydrogen-bond donors (Lipinski definition) is 0. The van der Waals surface area contributed by atoms with E-state index in [4.69, 9.17) is 28.3 Å². The van der Waals surface area contributed by atoms with E-state index in [2.05, 4.69) is 23.5 Å². The standard InChI is InChI=1S/C16H12Cl2N3/c1-9-6-15-13-4-3-5-20(13)14-7-11(17)12(18)8-16(14)21(15)19-10(9)2/h3-8H,1-2H3/q+1. The van der Waals surface area contributed by atoms with E-state index in [9.17, 15) is 0 Å². The Morgan fingerprint density at radius 1 is 1.00 bits per heavy atom. The first-order chi connectivity index (χ1) is 10.1. The van der Waals surface area contributed by atoms with Crippen molar-refractivity contribution in [2.75, 3.05) is 0 Å². The molecule has 0 radical (unpaired) electrons. The van der Waals surface area contributed by atoms with Gasteiger partial charge in [0.1, 0.15) is 16.7 Å². The van der Waals surface area contributed by atoms with Gasteiger partial charge >= 0.3 is 0 Å². The highest BCUT2D eigenvalue weighted by molar-refractivity contribution is 6.42. The maximum Gasteiger partial charge on any atom is 0.264 e. The highest BCUT2D eigenvalue weighted by atomic mass is 35.5. The van der Waals surface area contributed by atoms with E-state index < -0.39 is 0 Å². The molecule has 4 rings (SSSR count). The Kier molecular flexibility index (Phi) is 2.65. The predicted molar refractivity (Wildman–Crippen MR) is 85.4 cm³/mol. The molecule has 0 fully saturated rings. The van der Waals surface area contributed by atoms with Crippen LogP contribution in [0.5, 0.6) is 0 Å². The van der Waals surface area contributed by atoms with Gasteiger partial charge in [0.05, 0.1) is 10.0 Å². The van der Waals surface area contributed by atoms with Crippen LogP contribution in [0.15, 0.2) is 36.5 Å². The predicted octanol–water partition coefficient (Wildman–Crippen LogP) is 4.15. The van der Waals surface area contributed by atoms with Gasteiger partial charge in [-0.05, 0) is 42.1 Å². The third kappa shape index (κ3) is 1.74. The van der Waals surface area contributed by atoms with Crippen molar-refractivity contribution in [2.45, 2.75) is 13.8 Å². The molecule has 0 N–H and O–H groups in total. The summed E-state index contributed by atoms with van der Waals surface area (Å²) in [5.74, 6) is 0. The molecule has 0 aliphatic heterocycles. The Labute approximate surface area is 131 Å². The van der Waals surface area contributed by atoms with Crippen molar-refractivity contribution in [1.82, 2.24) is 9.50 Å². The monoisotopic (exact) mass is 316 g/mol. The molecular weight excluding hydrogens is 305 g/mol. The lowest BCUT2D eigenvalue weighted by molar-refractivity contribution is -0.553. The number of aromatic nitrogens is 3.